The van der Waals surface area contributed by atoms with E-state index in [0.29, 0.717) is 12.3 Å². The van der Waals surface area contributed by atoms with Crippen LogP contribution in [0.2, 0.25) is 0 Å². The lowest BCUT2D eigenvalue weighted by atomic mass is 9.99. The molecule has 6 nitrogen and oxygen atoms in total. The van der Waals surface area contributed by atoms with Crippen LogP contribution < -0.4 is 0 Å². The molecule has 2 atom stereocenters. The summed E-state index contributed by atoms with van der Waals surface area (Å²) >= 11 is 0. The van der Waals surface area contributed by atoms with Crippen LogP contribution in [-0.2, 0) is 4.79 Å². The molecular weight excluding hydrogens is 248 g/mol. The molecule has 1 amide bonds. The Morgan fingerprint density at radius 1 is 1.47 bits per heavy atom. The van der Waals surface area contributed by atoms with E-state index in [1.165, 1.54) is 4.90 Å². The van der Waals surface area contributed by atoms with Crippen molar-refractivity contribution in [3.05, 3.63) is 17.5 Å². The highest BCUT2D eigenvalue weighted by atomic mass is 16.5. The minimum Gasteiger partial charge on any atom is -0.481 e. The largest absolute Gasteiger partial charge is 0.481 e. The molecule has 1 aliphatic rings. The molecule has 6 heteroatoms. The SMILES string of the molecule is CC(C)c1cc(C(=O)N2C[C@@H](C)[C@H](C(=O)O)C2)no1. The van der Waals surface area contributed by atoms with Crippen molar-refractivity contribution in [3.8, 4) is 0 Å². The van der Waals surface area contributed by atoms with E-state index < -0.39 is 11.9 Å². The standard InChI is InChI=1S/C13H18N2O4/c1-7(2)11-4-10(14-19-11)12(16)15-5-8(3)9(6-15)13(17)18/h4,7-9H,5-6H2,1-3H3,(H,17,18)/t8-,9-/m1/s1. The Morgan fingerprint density at radius 3 is 2.63 bits per heavy atom. The summed E-state index contributed by atoms with van der Waals surface area (Å²) in [5.41, 5.74) is 0.252. The third kappa shape index (κ3) is 2.62. The molecule has 1 aromatic heterocycles. The molecule has 0 bridgehead atoms. The Balaban J connectivity index is 2.10. The fourth-order valence-electron chi connectivity index (χ4n) is 2.28. The molecule has 1 aromatic rings. The quantitative estimate of drug-likeness (QED) is 0.898. The zero-order valence-corrected chi connectivity index (χ0v) is 11.3. The molecule has 0 spiro atoms. The predicted octanol–water partition coefficient (Wildman–Crippen LogP) is 1.59. The van der Waals surface area contributed by atoms with Crippen molar-refractivity contribution in [1.29, 1.82) is 0 Å². The summed E-state index contributed by atoms with van der Waals surface area (Å²) in [6.45, 7) is 6.42. The van der Waals surface area contributed by atoms with Crippen molar-refractivity contribution < 1.29 is 19.2 Å². The van der Waals surface area contributed by atoms with Crippen LogP contribution in [0, 0.1) is 11.8 Å². The minimum absolute atomic E-state index is 0.0436. The van der Waals surface area contributed by atoms with Gasteiger partial charge >= 0.3 is 5.97 Å². The zero-order valence-electron chi connectivity index (χ0n) is 11.3. The molecule has 1 N–H and O–H groups in total. The first kappa shape index (κ1) is 13.6. The number of likely N-dealkylation sites (tertiary alicyclic amines) is 1. The smallest absolute Gasteiger partial charge is 0.308 e. The molecule has 2 rings (SSSR count). The summed E-state index contributed by atoms with van der Waals surface area (Å²) in [7, 11) is 0. The van der Waals surface area contributed by atoms with Crippen LogP contribution in [0.1, 0.15) is 42.9 Å². The van der Waals surface area contributed by atoms with Crippen molar-refractivity contribution in [1.82, 2.24) is 10.1 Å². The van der Waals surface area contributed by atoms with E-state index in [0.717, 1.165) is 0 Å². The van der Waals surface area contributed by atoms with Crippen LogP contribution in [-0.4, -0.2) is 40.1 Å². The molecule has 0 saturated carbocycles. The Kier molecular flexibility index (Phi) is 3.59. The van der Waals surface area contributed by atoms with Crippen molar-refractivity contribution >= 4 is 11.9 Å². The van der Waals surface area contributed by atoms with Gasteiger partial charge in [0.25, 0.3) is 5.91 Å². The zero-order chi connectivity index (χ0) is 14.2. The molecule has 1 saturated heterocycles. The van der Waals surface area contributed by atoms with Gasteiger partial charge in [-0.1, -0.05) is 25.9 Å². The number of carbonyl (C=O) groups excluding carboxylic acids is 1. The van der Waals surface area contributed by atoms with Gasteiger partial charge in [-0.25, -0.2) is 0 Å². The van der Waals surface area contributed by atoms with Crippen molar-refractivity contribution in [2.45, 2.75) is 26.7 Å². The van der Waals surface area contributed by atoms with E-state index in [9.17, 15) is 9.59 Å². The molecule has 104 valence electrons. The fraction of sp³-hybridized carbons (Fsp3) is 0.615. The van der Waals surface area contributed by atoms with Gasteiger partial charge in [-0.3, -0.25) is 9.59 Å². The number of amides is 1. The summed E-state index contributed by atoms with van der Waals surface area (Å²) < 4.78 is 5.09. The van der Waals surface area contributed by atoms with E-state index in [-0.39, 0.29) is 30.0 Å². The Labute approximate surface area is 111 Å². The molecule has 0 radical (unpaired) electrons. The van der Waals surface area contributed by atoms with E-state index in [2.05, 4.69) is 5.16 Å². The monoisotopic (exact) mass is 266 g/mol. The van der Waals surface area contributed by atoms with Crippen LogP contribution in [0.25, 0.3) is 0 Å². The second-order valence-electron chi connectivity index (χ2n) is 5.40. The number of carbonyl (C=O) groups is 2. The van der Waals surface area contributed by atoms with E-state index in [4.69, 9.17) is 9.63 Å². The van der Waals surface area contributed by atoms with Gasteiger partial charge in [0, 0.05) is 25.1 Å². The maximum absolute atomic E-state index is 12.2. The van der Waals surface area contributed by atoms with Crippen LogP contribution in [0.4, 0.5) is 0 Å². The lowest BCUT2D eigenvalue weighted by Crippen LogP contribution is -2.30. The molecule has 0 unspecified atom stereocenters. The summed E-state index contributed by atoms with van der Waals surface area (Å²) in [5.74, 6) is -0.834. The first-order valence-electron chi connectivity index (χ1n) is 6.38. The maximum atomic E-state index is 12.2. The number of aromatic nitrogens is 1. The second kappa shape index (κ2) is 5.03. The summed E-state index contributed by atoms with van der Waals surface area (Å²) in [5, 5.41) is 12.8. The van der Waals surface area contributed by atoms with Crippen LogP contribution in [0.5, 0.6) is 0 Å². The molecular formula is C13H18N2O4. The number of carboxylic acids is 1. The highest BCUT2D eigenvalue weighted by molar-refractivity contribution is 5.93. The molecule has 0 aromatic carbocycles. The minimum atomic E-state index is -0.856. The predicted molar refractivity (Wildman–Crippen MR) is 66.8 cm³/mol. The molecule has 1 aliphatic heterocycles. The number of nitrogens with zero attached hydrogens (tertiary/aromatic N) is 2. The van der Waals surface area contributed by atoms with E-state index in [1.807, 2.05) is 20.8 Å². The van der Waals surface area contributed by atoms with Gasteiger partial charge in [-0.15, -0.1) is 0 Å². The van der Waals surface area contributed by atoms with Gasteiger partial charge in [0.05, 0.1) is 5.92 Å². The molecule has 0 aliphatic carbocycles. The van der Waals surface area contributed by atoms with Gasteiger partial charge in [0.2, 0.25) is 0 Å². The number of hydrogen-bond acceptors (Lipinski definition) is 4. The first-order valence-corrected chi connectivity index (χ1v) is 6.38. The summed E-state index contributed by atoms with van der Waals surface area (Å²) in [6, 6.07) is 1.63. The highest BCUT2D eigenvalue weighted by Crippen LogP contribution is 2.25. The first-order chi connectivity index (χ1) is 8.90. The van der Waals surface area contributed by atoms with Crippen LogP contribution in [0.15, 0.2) is 10.6 Å². The lowest BCUT2D eigenvalue weighted by molar-refractivity contribution is -0.142. The van der Waals surface area contributed by atoms with Crippen molar-refractivity contribution in [2.75, 3.05) is 13.1 Å². The Bertz CT molecular complexity index is 495. The second-order valence-corrected chi connectivity index (χ2v) is 5.40. The van der Waals surface area contributed by atoms with Gasteiger partial charge in [-0.05, 0) is 5.92 Å². The van der Waals surface area contributed by atoms with Gasteiger partial charge in [-0.2, -0.15) is 0 Å². The highest BCUT2D eigenvalue weighted by Gasteiger charge is 2.38. The number of hydrogen-bond donors (Lipinski definition) is 1. The number of carboxylic acid groups (broad SMARTS) is 1. The van der Waals surface area contributed by atoms with Gasteiger partial charge in [0.15, 0.2) is 5.69 Å². The average Bonchev–Trinajstić information content (AvgIpc) is 2.94. The summed E-state index contributed by atoms with van der Waals surface area (Å²) in [6.07, 6.45) is 0. The van der Waals surface area contributed by atoms with Crippen molar-refractivity contribution in [3.63, 3.8) is 0 Å². The third-order valence-corrected chi connectivity index (χ3v) is 3.53. The molecule has 19 heavy (non-hydrogen) atoms. The maximum Gasteiger partial charge on any atom is 0.308 e. The normalized spacial score (nSPS) is 23.1. The Hall–Kier alpha value is -1.85. The Morgan fingerprint density at radius 2 is 2.16 bits per heavy atom. The van der Waals surface area contributed by atoms with E-state index in [1.54, 1.807) is 6.07 Å². The number of rotatable bonds is 3. The number of aliphatic carboxylic acids is 1. The average molecular weight is 266 g/mol. The van der Waals surface area contributed by atoms with E-state index >= 15 is 0 Å². The summed E-state index contributed by atoms with van der Waals surface area (Å²) in [4.78, 5) is 24.8. The topological polar surface area (TPSA) is 83.6 Å². The van der Waals surface area contributed by atoms with Crippen LogP contribution in [0.3, 0.4) is 0 Å². The van der Waals surface area contributed by atoms with Gasteiger partial charge in [0.1, 0.15) is 5.76 Å². The molecule has 2 heterocycles. The fourth-order valence-corrected chi connectivity index (χ4v) is 2.28. The van der Waals surface area contributed by atoms with Gasteiger partial charge < -0.3 is 14.5 Å². The lowest BCUT2D eigenvalue weighted by Gasteiger charge is -2.13. The molecule has 1 fully saturated rings. The third-order valence-electron chi connectivity index (χ3n) is 3.53. The van der Waals surface area contributed by atoms with Crippen molar-refractivity contribution in [2.24, 2.45) is 11.8 Å². The van der Waals surface area contributed by atoms with Crippen LogP contribution >= 0.6 is 0 Å².